The Kier molecular flexibility index (Phi) is 4.71. The fourth-order valence-electron chi connectivity index (χ4n) is 2.24. The van der Waals surface area contributed by atoms with Crippen molar-refractivity contribution in [1.29, 1.82) is 0 Å². The minimum Gasteiger partial charge on any atom is -0.484 e. The van der Waals surface area contributed by atoms with Crippen molar-refractivity contribution in [1.82, 2.24) is 5.32 Å². The van der Waals surface area contributed by atoms with Crippen LogP contribution in [0.5, 0.6) is 5.75 Å². The second-order valence-electron chi connectivity index (χ2n) is 5.03. The van der Waals surface area contributed by atoms with E-state index in [1.165, 1.54) is 5.56 Å². The van der Waals surface area contributed by atoms with Crippen LogP contribution in [0.15, 0.2) is 59.3 Å². The predicted octanol–water partition coefficient (Wildman–Crippen LogP) is 3.64. The summed E-state index contributed by atoms with van der Waals surface area (Å²) >= 11 is 1.67. The number of hydrogen-bond acceptors (Lipinski definition) is 3. The standard InChI is InChI=1S/C18H17NO2S/c20-18(19-9-7-14-8-10-22-13-14)12-21-17-6-5-15-3-1-2-4-16(15)11-17/h1-6,8,10-11,13H,7,9,12H2,(H,19,20). The third-order valence-electron chi connectivity index (χ3n) is 3.41. The first-order valence-electron chi connectivity index (χ1n) is 7.21. The maximum atomic E-state index is 11.8. The van der Waals surface area contributed by atoms with Crippen molar-refractivity contribution in [2.75, 3.05) is 13.2 Å². The molecule has 1 aromatic heterocycles. The lowest BCUT2D eigenvalue weighted by molar-refractivity contribution is -0.123. The normalized spacial score (nSPS) is 10.5. The van der Waals surface area contributed by atoms with E-state index in [1.807, 2.05) is 41.8 Å². The smallest absolute Gasteiger partial charge is 0.257 e. The summed E-state index contributed by atoms with van der Waals surface area (Å²) in [5.74, 6) is 0.620. The summed E-state index contributed by atoms with van der Waals surface area (Å²) in [4.78, 5) is 11.8. The van der Waals surface area contributed by atoms with Gasteiger partial charge in [0.1, 0.15) is 5.75 Å². The van der Waals surface area contributed by atoms with Crippen molar-refractivity contribution in [3.63, 3.8) is 0 Å². The second-order valence-corrected chi connectivity index (χ2v) is 5.81. The zero-order chi connectivity index (χ0) is 15.2. The predicted molar refractivity (Wildman–Crippen MR) is 90.5 cm³/mol. The lowest BCUT2D eigenvalue weighted by Gasteiger charge is -2.08. The lowest BCUT2D eigenvalue weighted by atomic mass is 10.1. The molecule has 112 valence electrons. The number of hydrogen-bond donors (Lipinski definition) is 1. The Hall–Kier alpha value is -2.33. The van der Waals surface area contributed by atoms with Gasteiger partial charge in [0.15, 0.2) is 6.61 Å². The Morgan fingerprint density at radius 2 is 1.95 bits per heavy atom. The highest BCUT2D eigenvalue weighted by atomic mass is 32.1. The molecule has 0 radical (unpaired) electrons. The molecule has 1 N–H and O–H groups in total. The molecule has 3 rings (SSSR count). The van der Waals surface area contributed by atoms with E-state index in [0.717, 1.165) is 17.2 Å². The highest BCUT2D eigenvalue weighted by Crippen LogP contribution is 2.20. The van der Waals surface area contributed by atoms with Crippen LogP contribution in [0.4, 0.5) is 0 Å². The van der Waals surface area contributed by atoms with Crippen LogP contribution in [0.3, 0.4) is 0 Å². The largest absolute Gasteiger partial charge is 0.484 e. The number of carbonyl (C=O) groups is 1. The summed E-state index contributed by atoms with van der Waals surface area (Å²) in [6.07, 6.45) is 0.852. The molecule has 0 aliphatic rings. The molecule has 0 atom stereocenters. The highest BCUT2D eigenvalue weighted by Gasteiger charge is 2.03. The Labute approximate surface area is 133 Å². The fourth-order valence-corrected chi connectivity index (χ4v) is 2.94. The molecule has 2 aromatic carbocycles. The number of thiophene rings is 1. The van der Waals surface area contributed by atoms with Crippen molar-refractivity contribution in [3.8, 4) is 5.75 Å². The number of ether oxygens (including phenoxy) is 1. The van der Waals surface area contributed by atoms with Crippen LogP contribution in [-0.2, 0) is 11.2 Å². The molecule has 0 aliphatic heterocycles. The second kappa shape index (κ2) is 7.09. The monoisotopic (exact) mass is 311 g/mol. The van der Waals surface area contributed by atoms with Gasteiger partial charge in [0.2, 0.25) is 0 Å². The molecular weight excluding hydrogens is 294 g/mol. The van der Waals surface area contributed by atoms with E-state index in [9.17, 15) is 4.79 Å². The third kappa shape index (κ3) is 3.86. The van der Waals surface area contributed by atoms with Crippen LogP contribution < -0.4 is 10.1 Å². The van der Waals surface area contributed by atoms with Crippen LogP contribution in [-0.4, -0.2) is 19.1 Å². The molecule has 0 saturated carbocycles. The molecule has 0 unspecified atom stereocenters. The Morgan fingerprint density at radius 1 is 1.09 bits per heavy atom. The van der Waals surface area contributed by atoms with Gasteiger partial charge in [0.25, 0.3) is 5.91 Å². The van der Waals surface area contributed by atoms with Gasteiger partial charge in [-0.05, 0) is 51.7 Å². The van der Waals surface area contributed by atoms with Crippen molar-refractivity contribution in [2.45, 2.75) is 6.42 Å². The first kappa shape index (κ1) is 14.6. The van der Waals surface area contributed by atoms with E-state index in [-0.39, 0.29) is 12.5 Å². The zero-order valence-corrected chi connectivity index (χ0v) is 12.9. The summed E-state index contributed by atoms with van der Waals surface area (Å²) in [6, 6.07) is 16.0. The third-order valence-corrected chi connectivity index (χ3v) is 4.14. The molecule has 3 nitrogen and oxygen atoms in total. The van der Waals surface area contributed by atoms with E-state index >= 15 is 0 Å². The van der Waals surface area contributed by atoms with Gasteiger partial charge in [-0.25, -0.2) is 0 Å². The fraction of sp³-hybridized carbons (Fsp3) is 0.167. The van der Waals surface area contributed by atoms with E-state index in [1.54, 1.807) is 11.3 Å². The van der Waals surface area contributed by atoms with Crippen LogP contribution >= 0.6 is 11.3 Å². The number of benzene rings is 2. The number of amides is 1. The van der Waals surface area contributed by atoms with E-state index in [2.05, 4.69) is 22.8 Å². The van der Waals surface area contributed by atoms with Gasteiger partial charge in [-0.3, -0.25) is 4.79 Å². The summed E-state index contributed by atoms with van der Waals surface area (Å²) in [5.41, 5.74) is 1.25. The van der Waals surface area contributed by atoms with Crippen molar-refractivity contribution < 1.29 is 9.53 Å². The minimum atomic E-state index is -0.0941. The average Bonchev–Trinajstić information content (AvgIpc) is 3.06. The minimum absolute atomic E-state index is 0.0436. The molecule has 4 heteroatoms. The maximum Gasteiger partial charge on any atom is 0.257 e. The first-order chi connectivity index (χ1) is 10.8. The van der Waals surface area contributed by atoms with Gasteiger partial charge in [-0.2, -0.15) is 11.3 Å². The summed E-state index contributed by atoms with van der Waals surface area (Å²) < 4.78 is 5.55. The van der Waals surface area contributed by atoms with Gasteiger partial charge in [0, 0.05) is 6.54 Å². The van der Waals surface area contributed by atoms with Gasteiger partial charge >= 0.3 is 0 Å². The molecule has 0 spiro atoms. The van der Waals surface area contributed by atoms with E-state index < -0.39 is 0 Å². The number of rotatable bonds is 6. The van der Waals surface area contributed by atoms with Gasteiger partial charge < -0.3 is 10.1 Å². The quantitative estimate of drug-likeness (QED) is 0.755. The van der Waals surface area contributed by atoms with Crippen LogP contribution in [0.1, 0.15) is 5.56 Å². The van der Waals surface area contributed by atoms with Gasteiger partial charge in [-0.1, -0.05) is 30.3 Å². The Bertz CT molecular complexity index is 753. The first-order valence-corrected chi connectivity index (χ1v) is 8.15. The molecular formula is C18H17NO2S. The molecule has 0 saturated heterocycles. The van der Waals surface area contributed by atoms with Crippen molar-refractivity contribution in [3.05, 3.63) is 64.9 Å². The zero-order valence-electron chi connectivity index (χ0n) is 12.1. The molecule has 22 heavy (non-hydrogen) atoms. The molecule has 3 aromatic rings. The molecule has 0 fully saturated rings. The summed E-state index contributed by atoms with van der Waals surface area (Å²) in [6.45, 7) is 0.679. The van der Waals surface area contributed by atoms with Crippen LogP contribution in [0.25, 0.3) is 10.8 Å². The Balaban J connectivity index is 1.47. The van der Waals surface area contributed by atoms with E-state index in [0.29, 0.717) is 12.3 Å². The van der Waals surface area contributed by atoms with Crippen molar-refractivity contribution in [2.24, 2.45) is 0 Å². The molecule has 0 aliphatic carbocycles. The molecule has 1 amide bonds. The maximum absolute atomic E-state index is 11.8. The topological polar surface area (TPSA) is 38.3 Å². The average molecular weight is 311 g/mol. The summed E-state index contributed by atoms with van der Waals surface area (Å²) in [5, 5.41) is 9.28. The van der Waals surface area contributed by atoms with Crippen LogP contribution in [0.2, 0.25) is 0 Å². The lowest BCUT2D eigenvalue weighted by Crippen LogP contribution is -2.30. The number of carbonyl (C=O) groups excluding carboxylic acids is 1. The number of nitrogens with one attached hydrogen (secondary N) is 1. The van der Waals surface area contributed by atoms with E-state index in [4.69, 9.17) is 4.74 Å². The SMILES string of the molecule is O=C(COc1ccc2ccccc2c1)NCCc1ccsc1. The Morgan fingerprint density at radius 3 is 2.77 bits per heavy atom. The van der Waals surface area contributed by atoms with Gasteiger partial charge in [0.05, 0.1) is 0 Å². The highest BCUT2D eigenvalue weighted by molar-refractivity contribution is 7.07. The summed E-state index contributed by atoms with van der Waals surface area (Å²) in [7, 11) is 0. The number of fused-ring (bicyclic) bond motifs is 1. The van der Waals surface area contributed by atoms with Gasteiger partial charge in [-0.15, -0.1) is 0 Å². The van der Waals surface area contributed by atoms with Crippen molar-refractivity contribution >= 4 is 28.0 Å². The molecule has 1 heterocycles. The molecule has 0 bridgehead atoms. The van der Waals surface area contributed by atoms with Crippen LogP contribution in [0, 0.1) is 0 Å².